The highest BCUT2D eigenvalue weighted by molar-refractivity contribution is 6.01. The van der Waals surface area contributed by atoms with Gasteiger partial charge in [-0.3, -0.25) is 9.59 Å². The SMILES string of the molecule is O=C(O)C1CC(=O)N(c2cc(C(F)(F)F)ccc2N2CCOCC2)C1. The van der Waals surface area contributed by atoms with Gasteiger partial charge in [0.15, 0.2) is 0 Å². The number of nitrogens with zero attached hydrogens (tertiary/aromatic N) is 2. The van der Waals surface area contributed by atoms with Crippen molar-refractivity contribution < 1.29 is 32.6 Å². The molecule has 0 aliphatic carbocycles. The Morgan fingerprint density at radius 3 is 2.44 bits per heavy atom. The third-order valence-corrected chi connectivity index (χ3v) is 4.42. The molecule has 1 atom stereocenters. The van der Waals surface area contributed by atoms with E-state index in [2.05, 4.69) is 0 Å². The first-order valence-corrected chi connectivity index (χ1v) is 7.84. The fourth-order valence-electron chi connectivity index (χ4n) is 3.09. The highest BCUT2D eigenvalue weighted by Gasteiger charge is 2.38. The van der Waals surface area contributed by atoms with Crippen LogP contribution in [0.4, 0.5) is 24.5 Å². The molecule has 2 aliphatic rings. The van der Waals surface area contributed by atoms with Crippen molar-refractivity contribution in [3.05, 3.63) is 23.8 Å². The maximum absolute atomic E-state index is 13.1. The number of carbonyl (C=O) groups is 2. The van der Waals surface area contributed by atoms with Crippen molar-refractivity contribution in [1.82, 2.24) is 0 Å². The van der Waals surface area contributed by atoms with E-state index in [-0.39, 0.29) is 18.7 Å². The van der Waals surface area contributed by atoms with Gasteiger partial charge in [-0.25, -0.2) is 0 Å². The van der Waals surface area contributed by atoms with Gasteiger partial charge in [-0.2, -0.15) is 13.2 Å². The van der Waals surface area contributed by atoms with Gasteiger partial charge >= 0.3 is 12.1 Å². The van der Waals surface area contributed by atoms with Crippen LogP contribution < -0.4 is 9.80 Å². The van der Waals surface area contributed by atoms with Crippen molar-refractivity contribution in [2.75, 3.05) is 42.6 Å². The number of alkyl halides is 3. The van der Waals surface area contributed by atoms with Gasteiger partial charge in [0.1, 0.15) is 0 Å². The summed E-state index contributed by atoms with van der Waals surface area (Å²) in [5.41, 5.74) is -0.285. The summed E-state index contributed by atoms with van der Waals surface area (Å²) in [5, 5.41) is 9.11. The minimum absolute atomic E-state index is 0.102. The molecule has 0 bridgehead atoms. The zero-order valence-corrected chi connectivity index (χ0v) is 13.3. The molecule has 3 rings (SSSR count). The number of aliphatic carboxylic acids is 1. The minimum atomic E-state index is -4.55. The normalized spacial score (nSPS) is 21.7. The lowest BCUT2D eigenvalue weighted by atomic mass is 10.1. The van der Waals surface area contributed by atoms with Crippen molar-refractivity contribution in [2.45, 2.75) is 12.6 Å². The highest BCUT2D eigenvalue weighted by Crippen LogP contribution is 2.39. The highest BCUT2D eigenvalue weighted by atomic mass is 19.4. The van der Waals surface area contributed by atoms with E-state index < -0.39 is 29.5 Å². The van der Waals surface area contributed by atoms with E-state index in [4.69, 9.17) is 9.84 Å². The van der Waals surface area contributed by atoms with Gasteiger partial charge < -0.3 is 19.6 Å². The summed E-state index contributed by atoms with van der Waals surface area (Å²) in [6.45, 7) is 1.72. The van der Waals surface area contributed by atoms with E-state index in [0.717, 1.165) is 17.0 Å². The number of hydrogen-bond donors (Lipinski definition) is 1. The van der Waals surface area contributed by atoms with Gasteiger partial charge in [-0.05, 0) is 18.2 Å². The predicted molar refractivity (Wildman–Crippen MR) is 82.6 cm³/mol. The number of ether oxygens (including phenoxy) is 1. The number of rotatable bonds is 3. The molecule has 2 saturated heterocycles. The van der Waals surface area contributed by atoms with Crippen molar-refractivity contribution in [3.8, 4) is 0 Å². The molecule has 2 heterocycles. The molecule has 0 aromatic heterocycles. The van der Waals surface area contributed by atoms with Crippen molar-refractivity contribution in [3.63, 3.8) is 0 Å². The summed E-state index contributed by atoms with van der Waals surface area (Å²) in [5.74, 6) is -2.53. The Bertz CT molecular complexity index is 686. The minimum Gasteiger partial charge on any atom is -0.481 e. The lowest BCUT2D eigenvalue weighted by Crippen LogP contribution is -2.38. The molecule has 9 heteroatoms. The van der Waals surface area contributed by atoms with Crippen LogP contribution in [-0.2, 0) is 20.5 Å². The van der Waals surface area contributed by atoms with Crippen molar-refractivity contribution in [2.24, 2.45) is 5.92 Å². The first-order chi connectivity index (χ1) is 11.8. The molecule has 6 nitrogen and oxygen atoms in total. The van der Waals surface area contributed by atoms with Crippen LogP contribution >= 0.6 is 0 Å². The third-order valence-electron chi connectivity index (χ3n) is 4.42. The number of anilines is 2. The lowest BCUT2D eigenvalue weighted by Gasteiger charge is -2.33. The largest absolute Gasteiger partial charge is 0.481 e. The second kappa shape index (κ2) is 6.55. The molecule has 1 unspecified atom stereocenters. The molecule has 1 amide bonds. The zero-order valence-electron chi connectivity index (χ0n) is 13.3. The second-order valence-electron chi connectivity index (χ2n) is 6.04. The predicted octanol–water partition coefficient (Wildman–Crippen LogP) is 1.98. The number of carboxylic acid groups (broad SMARTS) is 1. The summed E-state index contributed by atoms with van der Waals surface area (Å²) in [6.07, 6.45) is -4.76. The second-order valence-corrected chi connectivity index (χ2v) is 6.04. The molecule has 1 aromatic carbocycles. The van der Waals surface area contributed by atoms with Crippen molar-refractivity contribution in [1.29, 1.82) is 0 Å². The Morgan fingerprint density at radius 1 is 1.20 bits per heavy atom. The fourth-order valence-corrected chi connectivity index (χ4v) is 3.09. The molecule has 2 fully saturated rings. The molecule has 1 aromatic rings. The molecule has 0 spiro atoms. The van der Waals surface area contributed by atoms with Gasteiger partial charge in [0.25, 0.3) is 0 Å². The summed E-state index contributed by atoms with van der Waals surface area (Å²) in [6, 6.07) is 3.24. The molecule has 2 aliphatic heterocycles. The van der Waals surface area contributed by atoms with E-state index in [9.17, 15) is 22.8 Å². The van der Waals surface area contributed by atoms with Crippen LogP contribution in [0.2, 0.25) is 0 Å². The fraction of sp³-hybridized carbons (Fsp3) is 0.500. The average molecular weight is 358 g/mol. The molecule has 25 heavy (non-hydrogen) atoms. The van der Waals surface area contributed by atoms with Crippen LogP contribution in [0.25, 0.3) is 0 Å². The number of hydrogen-bond acceptors (Lipinski definition) is 4. The maximum Gasteiger partial charge on any atom is 0.416 e. The van der Waals surface area contributed by atoms with E-state index >= 15 is 0 Å². The van der Waals surface area contributed by atoms with Gasteiger partial charge in [0, 0.05) is 26.1 Å². The summed E-state index contributed by atoms with van der Waals surface area (Å²) in [7, 11) is 0. The lowest BCUT2D eigenvalue weighted by molar-refractivity contribution is -0.141. The van der Waals surface area contributed by atoms with E-state index in [1.54, 1.807) is 0 Å². The molecule has 136 valence electrons. The Labute approximate surface area is 141 Å². The Kier molecular flexibility index (Phi) is 4.59. The van der Waals surface area contributed by atoms with Crippen LogP contribution in [0.1, 0.15) is 12.0 Å². The molecular formula is C16H17F3N2O4. The molecule has 0 saturated carbocycles. The number of halogens is 3. The third kappa shape index (κ3) is 3.55. The van der Waals surface area contributed by atoms with Gasteiger partial charge in [-0.15, -0.1) is 0 Å². The van der Waals surface area contributed by atoms with Gasteiger partial charge in [0.2, 0.25) is 5.91 Å². The number of carboxylic acids is 1. The van der Waals surface area contributed by atoms with Crippen LogP contribution in [0.15, 0.2) is 18.2 Å². The first-order valence-electron chi connectivity index (χ1n) is 7.84. The van der Waals surface area contributed by atoms with E-state index in [1.807, 2.05) is 4.90 Å². The monoisotopic (exact) mass is 358 g/mol. The summed E-state index contributed by atoms with van der Waals surface area (Å²) < 4.78 is 44.6. The van der Waals surface area contributed by atoms with Crippen LogP contribution in [-0.4, -0.2) is 49.8 Å². The number of amides is 1. The van der Waals surface area contributed by atoms with E-state index in [0.29, 0.717) is 32.0 Å². The zero-order chi connectivity index (χ0) is 18.2. The molecular weight excluding hydrogens is 341 g/mol. The number of morpholine rings is 1. The Hall–Kier alpha value is -2.29. The Morgan fingerprint density at radius 2 is 1.88 bits per heavy atom. The molecule has 0 radical (unpaired) electrons. The number of carbonyl (C=O) groups excluding carboxylic acids is 1. The first kappa shape index (κ1) is 17.5. The van der Waals surface area contributed by atoms with Crippen LogP contribution in [0.5, 0.6) is 0 Å². The molecule has 1 N–H and O–H groups in total. The summed E-state index contributed by atoms with van der Waals surface area (Å²) in [4.78, 5) is 26.4. The van der Waals surface area contributed by atoms with Gasteiger partial charge in [0.05, 0.1) is 36.1 Å². The smallest absolute Gasteiger partial charge is 0.416 e. The van der Waals surface area contributed by atoms with Crippen molar-refractivity contribution >= 4 is 23.3 Å². The maximum atomic E-state index is 13.1. The van der Waals surface area contributed by atoms with E-state index in [1.165, 1.54) is 6.07 Å². The van der Waals surface area contributed by atoms with Gasteiger partial charge in [-0.1, -0.05) is 0 Å². The topological polar surface area (TPSA) is 70.1 Å². The quantitative estimate of drug-likeness (QED) is 0.895. The van der Waals surface area contributed by atoms with Crippen LogP contribution in [0, 0.1) is 5.92 Å². The average Bonchev–Trinajstić information content (AvgIpc) is 2.96. The standard InChI is InChI=1S/C16H17F3N2O4/c17-16(18,19)11-1-2-12(20-3-5-25-6-4-20)13(8-11)21-9-10(15(23)24)7-14(21)22/h1-2,8,10H,3-7,9H2,(H,23,24). The Balaban J connectivity index is 2.01. The number of benzene rings is 1. The summed E-state index contributed by atoms with van der Waals surface area (Å²) >= 11 is 0. The van der Waals surface area contributed by atoms with Crippen LogP contribution in [0.3, 0.4) is 0 Å².